The lowest BCUT2D eigenvalue weighted by Gasteiger charge is -2.32. The molecule has 3 aromatic carbocycles. The fourth-order valence-corrected chi connectivity index (χ4v) is 5.60. The van der Waals surface area contributed by atoms with Gasteiger partial charge in [-0.05, 0) is 42.0 Å². The Hall–Kier alpha value is -5.97. The third-order valence-corrected chi connectivity index (χ3v) is 7.68. The number of nitrogens with zero attached hydrogens (tertiary/aromatic N) is 3. The molecule has 0 fully saturated rings. The number of hydrogen-bond acceptors (Lipinski definition) is 7. The van der Waals surface area contributed by atoms with Crippen molar-refractivity contribution in [3.8, 4) is 11.5 Å². The lowest BCUT2D eigenvalue weighted by Crippen LogP contribution is -2.46. The van der Waals surface area contributed by atoms with Gasteiger partial charge < -0.3 is 24.7 Å². The highest BCUT2D eigenvalue weighted by Crippen LogP contribution is 2.36. The van der Waals surface area contributed by atoms with Gasteiger partial charge in [0, 0.05) is 53.4 Å². The van der Waals surface area contributed by atoms with E-state index in [0.29, 0.717) is 34.0 Å². The lowest BCUT2D eigenvalue weighted by atomic mass is 10.0. The van der Waals surface area contributed by atoms with Crippen LogP contribution in [0.15, 0.2) is 97.5 Å². The number of pyridine rings is 1. The third-order valence-electron chi connectivity index (χ3n) is 7.68. The van der Waals surface area contributed by atoms with Crippen molar-refractivity contribution in [2.45, 2.75) is 12.6 Å². The number of nitrogens with one attached hydrogen (secondary N) is 2. The number of para-hydroxylation sites is 2. The second kappa shape index (κ2) is 11.0. The zero-order valence-corrected chi connectivity index (χ0v) is 23.2. The Bertz CT molecular complexity index is 1940. The van der Waals surface area contributed by atoms with Crippen molar-refractivity contribution >= 4 is 45.8 Å². The zero-order valence-electron chi connectivity index (χ0n) is 23.2. The molecule has 5 aromatic rings. The number of ketones is 1. The van der Waals surface area contributed by atoms with Gasteiger partial charge in [-0.25, -0.2) is 0 Å². The fourth-order valence-electron chi connectivity index (χ4n) is 5.60. The molecule has 0 radical (unpaired) electrons. The quantitative estimate of drug-likeness (QED) is 0.260. The molecule has 4 heterocycles. The molecule has 0 saturated carbocycles. The van der Waals surface area contributed by atoms with E-state index in [9.17, 15) is 19.2 Å². The van der Waals surface area contributed by atoms with Gasteiger partial charge in [0.25, 0.3) is 17.6 Å². The minimum absolute atomic E-state index is 0.00301. The number of anilines is 2. The van der Waals surface area contributed by atoms with E-state index in [1.165, 1.54) is 4.90 Å². The number of ether oxygens (including phenoxy) is 2. The van der Waals surface area contributed by atoms with Gasteiger partial charge in [-0.2, -0.15) is 0 Å². The van der Waals surface area contributed by atoms with Gasteiger partial charge in [0.1, 0.15) is 12.6 Å². The van der Waals surface area contributed by atoms with E-state index in [4.69, 9.17) is 9.47 Å². The molecule has 218 valence electrons. The molecule has 0 bridgehead atoms. The Balaban J connectivity index is 1.30. The maximum absolute atomic E-state index is 14.3. The van der Waals surface area contributed by atoms with Crippen LogP contribution >= 0.6 is 0 Å². The van der Waals surface area contributed by atoms with Gasteiger partial charge in [-0.15, -0.1) is 0 Å². The summed E-state index contributed by atoms with van der Waals surface area (Å²) in [5.74, 6) is -1.45. The maximum Gasteiger partial charge on any atom is 0.299 e. The van der Waals surface area contributed by atoms with E-state index in [0.717, 1.165) is 15.8 Å². The number of Topliss-reactive ketones (excluding diaryl/α,β-unsaturated/α-hetero) is 1. The van der Waals surface area contributed by atoms with Gasteiger partial charge in [0.05, 0.1) is 11.3 Å². The van der Waals surface area contributed by atoms with Crippen molar-refractivity contribution in [3.63, 3.8) is 0 Å². The number of hydrogen-bond donors (Lipinski definition) is 2. The molecule has 3 amide bonds. The Labute approximate surface area is 251 Å². The van der Waals surface area contributed by atoms with Gasteiger partial charge >= 0.3 is 0 Å². The number of fused-ring (bicyclic) bond motifs is 3. The summed E-state index contributed by atoms with van der Waals surface area (Å²) in [6.07, 6.45) is 4.94. The van der Waals surface area contributed by atoms with Crippen LogP contribution in [0.3, 0.4) is 0 Å². The minimum atomic E-state index is -1.15. The van der Waals surface area contributed by atoms with E-state index in [1.54, 1.807) is 73.2 Å². The van der Waals surface area contributed by atoms with Crippen molar-refractivity contribution < 1.29 is 28.7 Å². The molecule has 44 heavy (non-hydrogen) atoms. The van der Waals surface area contributed by atoms with Crippen LogP contribution in [0.25, 0.3) is 10.9 Å². The molecule has 2 aromatic heterocycles. The average Bonchev–Trinajstić information content (AvgIpc) is 3.75. The summed E-state index contributed by atoms with van der Waals surface area (Å²) < 4.78 is 10.9. The van der Waals surface area contributed by atoms with Crippen LogP contribution in [0.1, 0.15) is 27.5 Å². The first kappa shape index (κ1) is 26.9. The van der Waals surface area contributed by atoms with Gasteiger partial charge in [-0.3, -0.25) is 29.1 Å². The predicted molar refractivity (Wildman–Crippen MR) is 160 cm³/mol. The number of carbonyl (C=O) groups excluding carboxylic acids is 4. The van der Waals surface area contributed by atoms with Gasteiger partial charge in [0.15, 0.2) is 11.5 Å². The summed E-state index contributed by atoms with van der Waals surface area (Å²) in [5, 5.41) is 3.69. The Morgan fingerprint density at radius 1 is 0.977 bits per heavy atom. The second-order valence-electron chi connectivity index (χ2n) is 10.4. The van der Waals surface area contributed by atoms with E-state index >= 15 is 0 Å². The van der Waals surface area contributed by atoms with Crippen LogP contribution in [0, 0.1) is 0 Å². The zero-order chi connectivity index (χ0) is 30.2. The summed E-state index contributed by atoms with van der Waals surface area (Å²) in [7, 11) is 0. The largest absolute Gasteiger partial charge is 0.454 e. The van der Waals surface area contributed by atoms with Crippen molar-refractivity contribution in [1.82, 2.24) is 14.9 Å². The number of aromatic nitrogens is 2. The number of H-pyrrole nitrogens is 1. The fraction of sp³-hybridized carbons (Fsp3) is 0.121. The van der Waals surface area contributed by atoms with Crippen molar-refractivity contribution in [3.05, 3.63) is 114 Å². The molecule has 0 spiro atoms. The van der Waals surface area contributed by atoms with Crippen LogP contribution in [0.5, 0.6) is 11.5 Å². The monoisotopic (exact) mass is 587 g/mol. The van der Waals surface area contributed by atoms with Crippen LogP contribution in [-0.4, -0.2) is 51.7 Å². The van der Waals surface area contributed by atoms with Crippen molar-refractivity contribution in [2.24, 2.45) is 0 Å². The third kappa shape index (κ3) is 4.79. The molecule has 1 unspecified atom stereocenters. The van der Waals surface area contributed by atoms with E-state index in [1.807, 2.05) is 24.3 Å². The predicted octanol–water partition coefficient (Wildman–Crippen LogP) is 4.23. The maximum atomic E-state index is 14.3. The molecular weight excluding hydrogens is 562 g/mol. The molecule has 2 N–H and O–H groups in total. The first-order valence-corrected chi connectivity index (χ1v) is 13.9. The highest BCUT2D eigenvalue weighted by molar-refractivity contribution is 6.52. The van der Waals surface area contributed by atoms with Gasteiger partial charge in [0.2, 0.25) is 12.7 Å². The molecule has 11 nitrogen and oxygen atoms in total. The van der Waals surface area contributed by atoms with Crippen molar-refractivity contribution in [2.75, 3.05) is 23.6 Å². The van der Waals surface area contributed by atoms with E-state index in [2.05, 4.69) is 15.3 Å². The highest BCUT2D eigenvalue weighted by Gasteiger charge is 2.40. The summed E-state index contributed by atoms with van der Waals surface area (Å²) in [6.45, 7) is -0.361. The van der Waals surface area contributed by atoms with Crippen LogP contribution in [-0.2, 0) is 20.9 Å². The standard InChI is InChI=1S/C33H25N5O6/c39-29(18-37-26-10-4-2-8-23(26)31(40)33(37)42)38(17-20-6-5-13-34-15-20)30(24-16-35-25-9-3-1-7-22(24)25)32(41)36-21-11-12-27-28(14-21)44-19-43-27/h1-16,30,35H,17-19H2,(H,36,41). The number of rotatable bonds is 8. The Morgan fingerprint density at radius 3 is 2.66 bits per heavy atom. The Kier molecular flexibility index (Phi) is 6.74. The normalized spacial score (nSPS) is 14.0. The minimum Gasteiger partial charge on any atom is -0.454 e. The molecule has 11 heteroatoms. The highest BCUT2D eigenvalue weighted by atomic mass is 16.7. The van der Waals surface area contributed by atoms with Crippen molar-refractivity contribution in [1.29, 1.82) is 0 Å². The van der Waals surface area contributed by atoms with Crippen LogP contribution < -0.4 is 19.7 Å². The average molecular weight is 588 g/mol. The molecule has 2 aliphatic heterocycles. The van der Waals surface area contributed by atoms with Gasteiger partial charge in [-0.1, -0.05) is 36.4 Å². The summed E-state index contributed by atoms with van der Waals surface area (Å²) >= 11 is 0. The first-order chi connectivity index (χ1) is 21.5. The number of amides is 3. The topological polar surface area (TPSA) is 134 Å². The smallest absolute Gasteiger partial charge is 0.299 e. The second-order valence-corrected chi connectivity index (χ2v) is 10.4. The first-order valence-electron chi connectivity index (χ1n) is 13.9. The molecule has 1 atom stereocenters. The molecule has 7 rings (SSSR count). The number of benzene rings is 3. The van der Waals surface area contributed by atoms with Crippen LogP contribution in [0.4, 0.5) is 11.4 Å². The molecule has 2 aliphatic rings. The number of aromatic amines is 1. The summed E-state index contributed by atoms with van der Waals surface area (Å²) in [5.41, 5.74) is 3.05. The van der Waals surface area contributed by atoms with E-state index < -0.39 is 36.1 Å². The Morgan fingerprint density at radius 2 is 1.80 bits per heavy atom. The lowest BCUT2D eigenvalue weighted by molar-refractivity contribution is -0.139. The van der Waals surface area contributed by atoms with Crippen LogP contribution in [0.2, 0.25) is 0 Å². The number of carbonyl (C=O) groups is 4. The molecule has 0 aliphatic carbocycles. The molecule has 0 saturated heterocycles. The van der Waals surface area contributed by atoms with E-state index in [-0.39, 0.29) is 18.9 Å². The summed E-state index contributed by atoms with van der Waals surface area (Å²) in [4.78, 5) is 64.3. The summed E-state index contributed by atoms with van der Waals surface area (Å²) in [6, 6.07) is 21.5. The molecular formula is C33H25N5O6. The SMILES string of the molecule is O=C1C(=O)N(CC(=O)N(Cc2cccnc2)C(C(=O)Nc2ccc3c(c2)OCO3)c2c[nH]c3ccccc23)c2ccccc21.